The quantitative estimate of drug-likeness (QED) is 0.867. The summed E-state index contributed by atoms with van der Waals surface area (Å²) in [6.45, 7) is 0. The van der Waals surface area contributed by atoms with Gasteiger partial charge in [0.05, 0.1) is 19.5 Å². The van der Waals surface area contributed by atoms with E-state index in [9.17, 15) is 0 Å². The van der Waals surface area contributed by atoms with Gasteiger partial charge in [-0.2, -0.15) is 0 Å². The molecule has 0 aliphatic heterocycles. The van der Waals surface area contributed by atoms with Crippen molar-refractivity contribution < 1.29 is 9.47 Å². The standard InChI is InChI=1S/C11H9BrN2O2/c1-15-9-2-3-11(14-7-9)16-10-4-8(12)5-13-6-10/h2-7H,1H3. The molecule has 0 saturated carbocycles. The zero-order valence-electron chi connectivity index (χ0n) is 8.55. The van der Waals surface area contributed by atoms with Gasteiger partial charge in [-0.25, -0.2) is 4.98 Å². The van der Waals surface area contributed by atoms with Crippen molar-refractivity contribution in [3.8, 4) is 17.4 Å². The van der Waals surface area contributed by atoms with Crippen LogP contribution in [0.3, 0.4) is 0 Å². The Morgan fingerprint density at radius 1 is 1.12 bits per heavy atom. The van der Waals surface area contributed by atoms with E-state index < -0.39 is 0 Å². The van der Waals surface area contributed by atoms with Gasteiger partial charge in [-0.1, -0.05) is 0 Å². The smallest absolute Gasteiger partial charge is 0.219 e. The first kappa shape index (κ1) is 10.9. The summed E-state index contributed by atoms with van der Waals surface area (Å²) < 4.78 is 11.4. The summed E-state index contributed by atoms with van der Waals surface area (Å²) in [7, 11) is 1.59. The lowest BCUT2D eigenvalue weighted by atomic mass is 10.4. The first-order chi connectivity index (χ1) is 7.78. The molecule has 0 unspecified atom stereocenters. The highest BCUT2D eigenvalue weighted by Gasteiger charge is 2.00. The summed E-state index contributed by atoms with van der Waals surface area (Å²) in [6.07, 6.45) is 4.91. The van der Waals surface area contributed by atoms with Gasteiger partial charge < -0.3 is 9.47 Å². The third-order valence-electron chi connectivity index (χ3n) is 1.85. The van der Waals surface area contributed by atoms with Gasteiger partial charge in [-0.15, -0.1) is 0 Å². The Bertz CT molecular complexity index is 474. The maximum Gasteiger partial charge on any atom is 0.219 e. The molecular formula is C11H9BrN2O2. The Morgan fingerprint density at radius 3 is 2.62 bits per heavy atom. The van der Waals surface area contributed by atoms with Crippen molar-refractivity contribution in [1.82, 2.24) is 9.97 Å². The van der Waals surface area contributed by atoms with Crippen molar-refractivity contribution in [3.63, 3.8) is 0 Å². The van der Waals surface area contributed by atoms with Crippen LogP contribution in [0, 0.1) is 0 Å². The number of ether oxygens (including phenoxy) is 2. The molecule has 2 aromatic rings. The molecular weight excluding hydrogens is 272 g/mol. The summed E-state index contributed by atoms with van der Waals surface area (Å²) in [4.78, 5) is 8.07. The fraction of sp³-hybridized carbons (Fsp3) is 0.0909. The highest BCUT2D eigenvalue weighted by atomic mass is 79.9. The average Bonchev–Trinajstić information content (AvgIpc) is 2.30. The van der Waals surface area contributed by atoms with Crippen LogP contribution in [0.5, 0.6) is 17.4 Å². The van der Waals surface area contributed by atoms with Crippen molar-refractivity contribution in [3.05, 3.63) is 41.3 Å². The Hall–Kier alpha value is -1.62. The number of hydrogen-bond donors (Lipinski definition) is 0. The van der Waals surface area contributed by atoms with Crippen LogP contribution in [0.25, 0.3) is 0 Å². The summed E-state index contributed by atoms with van der Waals surface area (Å²) in [6, 6.07) is 5.34. The number of rotatable bonds is 3. The Balaban J connectivity index is 2.14. The topological polar surface area (TPSA) is 44.2 Å². The minimum atomic E-state index is 0.501. The van der Waals surface area contributed by atoms with E-state index in [-0.39, 0.29) is 0 Å². The summed E-state index contributed by atoms with van der Waals surface area (Å²) >= 11 is 3.32. The second kappa shape index (κ2) is 4.94. The van der Waals surface area contributed by atoms with Gasteiger partial charge in [0.25, 0.3) is 0 Å². The summed E-state index contributed by atoms with van der Waals surface area (Å²) in [5, 5.41) is 0. The summed E-state index contributed by atoms with van der Waals surface area (Å²) in [5.41, 5.74) is 0. The van der Waals surface area contributed by atoms with E-state index >= 15 is 0 Å². The van der Waals surface area contributed by atoms with Gasteiger partial charge in [0.15, 0.2) is 0 Å². The zero-order valence-corrected chi connectivity index (χ0v) is 10.1. The zero-order chi connectivity index (χ0) is 11.4. The first-order valence-electron chi connectivity index (χ1n) is 4.56. The van der Waals surface area contributed by atoms with Gasteiger partial charge in [-0.05, 0) is 28.1 Å². The Labute approximate surface area is 101 Å². The molecule has 0 amide bonds. The van der Waals surface area contributed by atoms with Crippen molar-refractivity contribution in [2.24, 2.45) is 0 Å². The van der Waals surface area contributed by atoms with Crippen LogP contribution in [-0.4, -0.2) is 17.1 Å². The first-order valence-corrected chi connectivity index (χ1v) is 5.35. The lowest BCUT2D eigenvalue weighted by Crippen LogP contribution is -1.89. The van der Waals surface area contributed by atoms with E-state index in [4.69, 9.17) is 9.47 Å². The molecule has 82 valence electrons. The number of methoxy groups -OCH3 is 1. The predicted octanol–water partition coefficient (Wildman–Crippen LogP) is 3.04. The summed E-state index contributed by atoms with van der Waals surface area (Å²) in [5.74, 6) is 1.83. The van der Waals surface area contributed by atoms with Crippen LogP contribution in [0.4, 0.5) is 0 Å². The normalized spacial score (nSPS) is 9.88. The molecule has 16 heavy (non-hydrogen) atoms. The molecule has 0 fully saturated rings. The van der Waals surface area contributed by atoms with Gasteiger partial charge in [0, 0.05) is 16.7 Å². The van der Waals surface area contributed by atoms with Crippen LogP contribution < -0.4 is 9.47 Å². The average molecular weight is 281 g/mol. The minimum absolute atomic E-state index is 0.501. The molecule has 2 heterocycles. The maximum atomic E-state index is 5.50. The van der Waals surface area contributed by atoms with Gasteiger partial charge in [-0.3, -0.25) is 4.98 Å². The van der Waals surface area contributed by atoms with Crippen LogP contribution in [0.1, 0.15) is 0 Å². The number of aromatic nitrogens is 2. The molecule has 5 heteroatoms. The Kier molecular flexibility index (Phi) is 3.36. The van der Waals surface area contributed by atoms with Gasteiger partial charge in [0.1, 0.15) is 11.5 Å². The lowest BCUT2D eigenvalue weighted by molar-refractivity contribution is 0.407. The van der Waals surface area contributed by atoms with Crippen LogP contribution in [0.2, 0.25) is 0 Å². The molecule has 0 aliphatic carbocycles. The molecule has 0 radical (unpaired) electrons. The number of pyridine rings is 2. The lowest BCUT2D eigenvalue weighted by Gasteiger charge is -2.04. The molecule has 0 saturated heterocycles. The molecule has 0 aliphatic rings. The second-order valence-electron chi connectivity index (χ2n) is 2.98. The van der Waals surface area contributed by atoms with Gasteiger partial charge >= 0.3 is 0 Å². The molecule has 4 nitrogen and oxygen atoms in total. The van der Waals surface area contributed by atoms with E-state index in [1.807, 2.05) is 6.07 Å². The van der Waals surface area contributed by atoms with E-state index in [1.54, 1.807) is 37.8 Å². The SMILES string of the molecule is COc1ccc(Oc2cncc(Br)c2)nc1. The second-order valence-corrected chi connectivity index (χ2v) is 3.89. The van der Waals surface area contributed by atoms with E-state index in [1.165, 1.54) is 0 Å². The van der Waals surface area contributed by atoms with E-state index in [0.717, 1.165) is 4.47 Å². The third kappa shape index (κ3) is 2.70. The van der Waals surface area contributed by atoms with E-state index in [0.29, 0.717) is 17.4 Å². The van der Waals surface area contributed by atoms with Crippen molar-refractivity contribution in [2.75, 3.05) is 7.11 Å². The molecule has 2 rings (SSSR count). The fourth-order valence-electron chi connectivity index (χ4n) is 1.12. The van der Waals surface area contributed by atoms with Crippen LogP contribution in [-0.2, 0) is 0 Å². The van der Waals surface area contributed by atoms with Gasteiger partial charge in [0.2, 0.25) is 5.88 Å². The third-order valence-corrected chi connectivity index (χ3v) is 2.28. The predicted molar refractivity (Wildman–Crippen MR) is 62.8 cm³/mol. The number of hydrogen-bond acceptors (Lipinski definition) is 4. The molecule has 0 spiro atoms. The van der Waals surface area contributed by atoms with Crippen molar-refractivity contribution >= 4 is 15.9 Å². The molecule has 0 bridgehead atoms. The molecule has 0 aromatic carbocycles. The molecule has 0 atom stereocenters. The van der Waals surface area contributed by atoms with Crippen molar-refractivity contribution in [2.45, 2.75) is 0 Å². The highest BCUT2D eigenvalue weighted by molar-refractivity contribution is 9.10. The fourth-order valence-corrected chi connectivity index (χ4v) is 1.46. The van der Waals surface area contributed by atoms with Crippen LogP contribution >= 0.6 is 15.9 Å². The number of halogens is 1. The minimum Gasteiger partial charge on any atom is -0.495 e. The van der Waals surface area contributed by atoms with E-state index in [2.05, 4.69) is 25.9 Å². The monoisotopic (exact) mass is 280 g/mol. The molecule has 2 aromatic heterocycles. The van der Waals surface area contributed by atoms with Crippen molar-refractivity contribution in [1.29, 1.82) is 0 Å². The molecule has 0 N–H and O–H groups in total. The number of nitrogens with zero attached hydrogens (tertiary/aromatic N) is 2. The largest absolute Gasteiger partial charge is 0.495 e. The highest BCUT2D eigenvalue weighted by Crippen LogP contribution is 2.22. The van der Waals surface area contributed by atoms with Crippen LogP contribution in [0.15, 0.2) is 41.3 Å². The maximum absolute atomic E-state index is 5.50. The Morgan fingerprint density at radius 2 is 2.00 bits per heavy atom.